The molecule has 1 N–H and O–H groups in total. The predicted molar refractivity (Wildman–Crippen MR) is 110 cm³/mol. The Morgan fingerprint density at radius 1 is 1.10 bits per heavy atom. The first kappa shape index (κ1) is 18.9. The average molecular weight is 389 g/mol. The molecule has 148 valence electrons. The van der Waals surface area contributed by atoms with E-state index >= 15 is 0 Å². The zero-order chi connectivity index (χ0) is 20.4. The SMILES string of the molecule is Cc1cccc(NC(=O)C(C)OC(=O)c2nn(-c3ccccc3)c3c2CCC3)c1. The van der Waals surface area contributed by atoms with Gasteiger partial charge in [0.1, 0.15) is 0 Å². The van der Waals surface area contributed by atoms with Crippen molar-refractivity contribution in [2.24, 2.45) is 0 Å². The van der Waals surface area contributed by atoms with E-state index in [-0.39, 0.29) is 5.91 Å². The van der Waals surface area contributed by atoms with Crippen molar-refractivity contribution in [3.05, 3.63) is 77.1 Å². The Labute approximate surface area is 169 Å². The largest absolute Gasteiger partial charge is 0.448 e. The number of carbonyl (C=O) groups is 2. The normalized spacial score (nSPS) is 13.6. The summed E-state index contributed by atoms with van der Waals surface area (Å²) in [6.07, 6.45) is 1.70. The lowest BCUT2D eigenvalue weighted by molar-refractivity contribution is -0.123. The van der Waals surface area contributed by atoms with Gasteiger partial charge in [-0.25, -0.2) is 9.48 Å². The number of nitrogens with one attached hydrogen (secondary N) is 1. The van der Waals surface area contributed by atoms with E-state index in [9.17, 15) is 9.59 Å². The standard InChI is InChI=1S/C23H23N3O3/c1-15-8-6-9-17(14-15)24-22(27)16(2)29-23(28)21-19-12-7-13-20(19)26(25-21)18-10-4-3-5-11-18/h3-6,8-11,14,16H,7,12-13H2,1-2H3,(H,24,27). The fraction of sp³-hybridized carbons (Fsp3) is 0.261. The molecule has 6 heteroatoms. The number of fused-ring (bicyclic) bond motifs is 1. The summed E-state index contributed by atoms with van der Waals surface area (Å²) in [5.74, 6) is -0.937. The third-order valence-corrected chi connectivity index (χ3v) is 5.06. The Morgan fingerprint density at radius 3 is 2.66 bits per heavy atom. The van der Waals surface area contributed by atoms with Gasteiger partial charge in [-0.1, -0.05) is 30.3 Å². The van der Waals surface area contributed by atoms with Crippen LogP contribution < -0.4 is 5.32 Å². The van der Waals surface area contributed by atoms with Crippen LogP contribution in [0.4, 0.5) is 5.69 Å². The molecule has 6 nitrogen and oxygen atoms in total. The molecule has 4 rings (SSSR count). The van der Waals surface area contributed by atoms with Crippen molar-refractivity contribution >= 4 is 17.6 Å². The maximum atomic E-state index is 12.8. The average Bonchev–Trinajstić information content (AvgIpc) is 3.31. The monoisotopic (exact) mass is 389 g/mol. The molecule has 2 aromatic carbocycles. The molecule has 3 aromatic rings. The van der Waals surface area contributed by atoms with Crippen molar-refractivity contribution in [1.82, 2.24) is 9.78 Å². The van der Waals surface area contributed by atoms with E-state index in [0.717, 1.165) is 41.8 Å². The zero-order valence-corrected chi connectivity index (χ0v) is 16.5. The first-order valence-corrected chi connectivity index (χ1v) is 9.77. The molecule has 0 radical (unpaired) electrons. The molecule has 1 aliphatic carbocycles. The number of amides is 1. The summed E-state index contributed by atoms with van der Waals surface area (Å²) in [6, 6.07) is 17.2. The Hall–Kier alpha value is -3.41. The molecule has 1 heterocycles. The third kappa shape index (κ3) is 3.92. The minimum absolute atomic E-state index is 0.302. The second-order valence-corrected chi connectivity index (χ2v) is 7.28. The number of carbonyl (C=O) groups excluding carboxylic acids is 2. The lowest BCUT2D eigenvalue weighted by Crippen LogP contribution is -2.30. The van der Waals surface area contributed by atoms with Crippen LogP contribution in [0, 0.1) is 6.92 Å². The minimum Gasteiger partial charge on any atom is -0.448 e. The quantitative estimate of drug-likeness (QED) is 0.673. The summed E-state index contributed by atoms with van der Waals surface area (Å²) < 4.78 is 7.26. The van der Waals surface area contributed by atoms with Crippen LogP contribution in [-0.2, 0) is 22.4 Å². The summed E-state index contributed by atoms with van der Waals surface area (Å²) in [7, 11) is 0. The van der Waals surface area contributed by atoms with Crippen molar-refractivity contribution in [2.45, 2.75) is 39.2 Å². The van der Waals surface area contributed by atoms with E-state index in [4.69, 9.17) is 4.74 Å². The fourth-order valence-electron chi connectivity index (χ4n) is 3.62. The number of hydrogen-bond acceptors (Lipinski definition) is 4. The van der Waals surface area contributed by atoms with Crippen LogP contribution in [0.2, 0.25) is 0 Å². The lowest BCUT2D eigenvalue weighted by atomic mass is 10.2. The molecular weight excluding hydrogens is 366 g/mol. The topological polar surface area (TPSA) is 73.2 Å². The van der Waals surface area contributed by atoms with Crippen LogP contribution in [0.15, 0.2) is 54.6 Å². The van der Waals surface area contributed by atoms with Crippen LogP contribution in [-0.4, -0.2) is 27.8 Å². The number of para-hydroxylation sites is 1. The summed E-state index contributed by atoms with van der Waals surface area (Å²) in [5.41, 5.74) is 4.89. The molecule has 0 aliphatic heterocycles. The molecule has 1 aliphatic rings. The van der Waals surface area contributed by atoms with E-state index in [1.54, 1.807) is 13.0 Å². The Bertz CT molecular complexity index is 1060. The maximum absolute atomic E-state index is 12.8. The van der Waals surface area contributed by atoms with Crippen molar-refractivity contribution in [2.75, 3.05) is 5.32 Å². The maximum Gasteiger partial charge on any atom is 0.359 e. The van der Waals surface area contributed by atoms with Crippen LogP contribution in [0.3, 0.4) is 0 Å². The van der Waals surface area contributed by atoms with Gasteiger partial charge in [-0.2, -0.15) is 5.10 Å². The van der Waals surface area contributed by atoms with Crippen molar-refractivity contribution in [3.63, 3.8) is 0 Å². The van der Waals surface area contributed by atoms with E-state index in [2.05, 4.69) is 10.4 Å². The van der Waals surface area contributed by atoms with Crippen LogP contribution in [0.25, 0.3) is 5.69 Å². The van der Waals surface area contributed by atoms with Crippen LogP contribution in [0.1, 0.15) is 40.7 Å². The van der Waals surface area contributed by atoms with Gasteiger partial charge in [0.05, 0.1) is 5.69 Å². The Morgan fingerprint density at radius 2 is 1.90 bits per heavy atom. The number of rotatable bonds is 5. The lowest BCUT2D eigenvalue weighted by Gasteiger charge is -2.13. The molecule has 0 saturated heterocycles. The highest BCUT2D eigenvalue weighted by Gasteiger charge is 2.29. The van der Waals surface area contributed by atoms with E-state index in [1.165, 1.54) is 0 Å². The summed E-state index contributed by atoms with van der Waals surface area (Å²) in [5, 5.41) is 7.30. The van der Waals surface area contributed by atoms with Gasteiger partial charge < -0.3 is 10.1 Å². The van der Waals surface area contributed by atoms with E-state index < -0.39 is 12.1 Å². The van der Waals surface area contributed by atoms with E-state index in [1.807, 2.05) is 60.1 Å². The van der Waals surface area contributed by atoms with Gasteiger partial charge in [0.15, 0.2) is 11.8 Å². The Kier molecular flexibility index (Phi) is 5.16. The number of hydrogen-bond donors (Lipinski definition) is 1. The molecule has 29 heavy (non-hydrogen) atoms. The second-order valence-electron chi connectivity index (χ2n) is 7.28. The van der Waals surface area contributed by atoms with Gasteiger partial charge >= 0.3 is 5.97 Å². The number of anilines is 1. The summed E-state index contributed by atoms with van der Waals surface area (Å²) >= 11 is 0. The molecule has 1 amide bonds. The molecule has 0 saturated carbocycles. The van der Waals surface area contributed by atoms with Gasteiger partial charge in [0, 0.05) is 16.9 Å². The van der Waals surface area contributed by atoms with Crippen LogP contribution in [0.5, 0.6) is 0 Å². The van der Waals surface area contributed by atoms with Gasteiger partial charge in [-0.3, -0.25) is 4.79 Å². The number of aryl methyl sites for hydroxylation is 1. The third-order valence-electron chi connectivity index (χ3n) is 5.06. The van der Waals surface area contributed by atoms with Gasteiger partial charge in [-0.15, -0.1) is 0 Å². The molecule has 0 spiro atoms. The van der Waals surface area contributed by atoms with Crippen molar-refractivity contribution in [1.29, 1.82) is 0 Å². The Balaban J connectivity index is 1.51. The van der Waals surface area contributed by atoms with Gasteiger partial charge in [-0.05, 0) is 62.9 Å². The molecule has 1 aromatic heterocycles. The second kappa shape index (κ2) is 7.91. The highest BCUT2D eigenvalue weighted by Crippen LogP contribution is 2.28. The van der Waals surface area contributed by atoms with E-state index in [0.29, 0.717) is 11.4 Å². The number of esters is 1. The molecule has 1 unspecified atom stereocenters. The van der Waals surface area contributed by atoms with Crippen molar-refractivity contribution in [3.8, 4) is 5.69 Å². The highest BCUT2D eigenvalue weighted by molar-refractivity contribution is 5.97. The number of ether oxygens (including phenoxy) is 1. The molecular formula is C23H23N3O3. The number of nitrogens with zero attached hydrogens (tertiary/aromatic N) is 2. The first-order chi connectivity index (χ1) is 14.0. The smallest absolute Gasteiger partial charge is 0.359 e. The van der Waals surface area contributed by atoms with Crippen LogP contribution >= 0.6 is 0 Å². The number of aromatic nitrogens is 2. The summed E-state index contributed by atoms with van der Waals surface area (Å²) in [4.78, 5) is 25.2. The van der Waals surface area contributed by atoms with Gasteiger partial charge in [0.25, 0.3) is 5.91 Å². The first-order valence-electron chi connectivity index (χ1n) is 9.77. The summed E-state index contributed by atoms with van der Waals surface area (Å²) in [6.45, 7) is 3.51. The molecule has 0 fully saturated rings. The zero-order valence-electron chi connectivity index (χ0n) is 16.5. The predicted octanol–water partition coefficient (Wildman–Crippen LogP) is 3.85. The highest BCUT2D eigenvalue weighted by atomic mass is 16.5. The van der Waals surface area contributed by atoms with Crippen molar-refractivity contribution < 1.29 is 14.3 Å². The number of benzene rings is 2. The minimum atomic E-state index is -0.929. The molecule has 0 bridgehead atoms. The molecule has 1 atom stereocenters. The fourth-order valence-corrected chi connectivity index (χ4v) is 3.62. The van der Waals surface area contributed by atoms with Gasteiger partial charge in [0.2, 0.25) is 0 Å².